The summed E-state index contributed by atoms with van der Waals surface area (Å²) in [5.74, 6) is 0. The second-order valence-electron chi connectivity index (χ2n) is 10.1. The fourth-order valence-corrected chi connectivity index (χ4v) is 3.99. The van der Waals surface area contributed by atoms with Gasteiger partial charge in [-0.1, -0.05) is 24.9 Å². The van der Waals surface area contributed by atoms with Crippen LogP contribution in [0, 0.1) is 13.8 Å². The van der Waals surface area contributed by atoms with Gasteiger partial charge in [0.15, 0.2) is 0 Å². The Kier molecular flexibility index (Phi) is 5.55. The number of aromatic nitrogens is 3. The third-order valence-corrected chi connectivity index (χ3v) is 7.78. The smallest absolute Gasteiger partial charge is 0.399 e. The fraction of sp³-hybridized carbons (Fsp3) is 0.700. The molecule has 0 amide bonds. The molecule has 0 unspecified atom stereocenters. The topological polar surface area (TPSA) is 58.4 Å². The molecule has 8 heteroatoms. The van der Waals surface area contributed by atoms with Crippen LogP contribution in [0.1, 0.15) is 38.8 Å². The molecule has 2 aromatic rings. The van der Waals surface area contributed by atoms with Crippen molar-refractivity contribution in [1.29, 1.82) is 0 Å². The van der Waals surface area contributed by atoms with E-state index < -0.39 is 26.4 Å². The molecule has 0 bridgehead atoms. The maximum atomic E-state index is 6.31. The van der Waals surface area contributed by atoms with Crippen molar-refractivity contribution >= 4 is 31.7 Å². The van der Waals surface area contributed by atoms with Gasteiger partial charge in [0.25, 0.3) is 0 Å². The Labute approximate surface area is 170 Å². The van der Waals surface area contributed by atoms with Crippen molar-refractivity contribution in [2.45, 2.75) is 85.2 Å². The number of fused-ring (bicyclic) bond motifs is 1. The van der Waals surface area contributed by atoms with Gasteiger partial charge in [0.1, 0.15) is 12.2 Å². The van der Waals surface area contributed by atoms with Gasteiger partial charge in [-0.3, -0.25) is 0 Å². The first-order valence-corrected chi connectivity index (χ1v) is 13.8. The third kappa shape index (κ3) is 4.06. The summed E-state index contributed by atoms with van der Waals surface area (Å²) in [4.78, 5) is 0. The van der Waals surface area contributed by atoms with Crippen molar-refractivity contribution in [2.24, 2.45) is 0 Å². The van der Waals surface area contributed by atoms with E-state index >= 15 is 0 Å². The molecule has 1 saturated heterocycles. The van der Waals surface area contributed by atoms with Crippen LogP contribution in [-0.4, -0.2) is 48.0 Å². The lowest BCUT2D eigenvalue weighted by atomic mass is 9.74. The zero-order valence-corrected chi connectivity index (χ0v) is 19.8. The lowest BCUT2D eigenvalue weighted by Crippen LogP contribution is -2.41. The van der Waals surface area contributed by atoms with Crippen molar-refractivity contribution in [3.8, 4) is 0 Å². The summed E-state index contributed by atoms with van der Waals surface area (Å²) in [6.07, 6.45) is 0. The van der Waals surface area contributed by atoms with Crippen LogP contribution in [-0.2, 0) is 20.8 Å². The molecule has 0 N–H and O–H groups in total. The molecule has 0 radical (unpaired) electrons. The van der Waals surface area contributed by atoms with Gasteiger partial charge in [-0.25, -0.2) is 4.68 Å². The van der Waals surface area contributed by atoms with Crippen molar-refractivity contribution in [1.82, 2.24) is 15.0 Å². The average Bonchev–Trinajstić information content (AvgIpc) is 3.02. The average molecular weight is 403 g/mol. The lowest BCUT2D eigenvalue weighted by Gasteiger charge is -2.32. The summed E-state index contributed by atoms with van der Waals surface area (Å²) < 4.78 is 20.4. The fourth-order valence-electron chi connectivity index (χ4n) is 3.23. The molecule has 154 valence electrons. The van der Waals surface area contributed by atoms with Gasteiger partial charge in [0.05, 0.1) is 16.7 Å². The normalized spacial score (nSPS) is 19.0. The lowest BCUT2D eigenvalue weighted by molar-refractivity contribution is 0.00578. The largest absolute Gasteiger partial charge is 0.497 e. The molecule has 0 spiro atoms. The first kappa shape index (κ1) is 21.5. The number of hydrogen-bond acceptors (Lipinski definition) is 5. The summed E-state index contributed by atoms with van der Waals surface area (Å²) in [7, 11) is -1.56. The number of rotatable bonds is 6. The van der Waals surface area contributed by atoms with E-state index in [-0.39, 0.29) is 0 Å². The number of ether oxygens (including phenoxy) is 1. The molecule has 28 heavy (non-hydrogen) atoms. The molecule has 2 heterocycles. The van der Waals surface area contributed by atoms with Gasteiger partial charge >= 0.3 is 7.12 Å². The van der Waals surface area contributed by atoms with Crippen LogP contribution in [0.2, 0.25) is 25.7 Å². The first-order valence-electron chi connectivity index (χ1n) is 10.1. The summed E-state index contributed by atoms with van der Waals surface area (Å²) in [5.41, 5.74) is 4.28. The summed E-state index contributed by atoms with van der Waals surface area (Å²) >= 11 is 0. The highest BCUT2D eigenvalue weighted by Gasteiger charge is 2.52. The van der Waals surface area contributed by atoms with Crippen LogP contribution >= 0.6 is 0 Å². The van der Waals surface area contributed by atoms with E-state index in [0.717, 1.165) is 34.7 Å². The summed E-state index contributed by atoms with van der Waals surface area (Å²) in [5, 5.41) is 8.83. The van der Waals surface area contributed by atoms with Gasteiger partial charge in [-0.2, -0.15) is 0 Å². The minimum atomic E-state index is -1.11. The van der Waals surface area contributed by atoms with Crippen molar-refractivity contribution in [3.63, 3.8) is 0 Å². The Balaban J connectivity index is 1.90. The molecule has 0 atom stereocenters. The molecule has 1 aliphatic heterocycles. The highest BCUT2D eigenvalue weighted by Crippen LogP contribution is 2.37. The molecule has 1 aromatic heterocycles. The monoisotopic (exact) mass is 403 g/mol. The first-order chi connectivity index (χ1) is 12.8. The predicted octanol–water partition coefficient (Wildman–Crippen LogP) is 3.66. The number of nitrogens with zero attached hydrogens (tertiary/aromatic N) is 3. The predicted molar refractivity (Wildman–Crippen MR) is 117 cm³/mol. The molecule has 3 rings (SSSR count). The van der Waals surface area contributed by atoms with Crippen LogP contribution in [0.25, 0.3) is 11.0 Å². The van der Waals surface area contributed by atoms with E-state index in [2.05, 4.69) is 77.6 Å². The van der Waals surface area contributed by atoms with Crippen LogP contribution in [0.4, 0.5) is 0 Å². The SMILES string of the molecule is Cc1cc2c(nnn2COCC[Si](C)(C)C)c(B2OC(C)(C)C(C)(C)O2)c1C. The van der Waals surface area contributed by atoms with Crippen LogP contribution in [0.5, 0.6) is 0 Å². The molecule has 6 nitrogen and oxygen atoms in total. The van der Waals surface area contributed by atoms with Gasteiger partial charge < -0.3 is 14.0 Å². The van der Waals surface area contributed by atoms with Crippen molar-refractivity contribution < 1.29 is 14.0 Å². The zero-order chi connectivity index (χ0) is 20.9. The number of benzene rings is 1. The Morgan fingerprint density at radius 1 is 1.11 bits per heavy atom. The number of aryl methyl sites for hydroxylation is 1. The standard InChI is InChI=1S/C20H34BN3O3Si/c1-14-12-16-18(22-23-24(16)13-25-10-11-28(7,8)9)17(15(14)2)21-26-19(3,4)20(5,6)27-21/h12H,10-11,13H2,1-9H3. The summed E-state index contributed by atoms with van der Waals surface area (Å²) in [6, 6.07) is 3.26. The van der Waals surface area contributed by atoms with Gasteiger partial charge in [0, 0.05) is 20.1 Å². The number of hydrogen-bond donors (Lipinski definition) is 0. The Morgan fingerprint density at radius 2 is 1.71 bits per heavy atom. The molecule has 0 aliphatic carbocycles. The van der Waals surface area contributed by atoms with E-state index in [1.165, 1.54) is 5.56 Å². The Morgan fingerprint density at radius 3 is 2.29 bits per heavy atom. The van der Waals surface area contributed by atoms with E-state index in [4.69, 9.17) is 14.0 Å². The molecule has 1 aliphatic rings. The molecule has 1 aromatic carbocycles. The van der Waals surface area contributed by atoms with Crippen LogP contribution < -0.4 is 5.46 Å². The third-order valence-electron chi connectivity index (χ3n) is 6.08. The molecular weight excluding hydrogens is 369 g/mol. The molecule has 1 fully saturated rings. The maximum absolute atomic E-state index is 6.31. The second kappa shape index (κ2) is 7.23. The Hall–Kier alpha value is -1.22. The molecular formula is C20H34BN3O3Si. The van der Waals surface area contributed by atoms with E-state index in [1.807, 2.05) is 4.68 Å². The van der Waals surface area contributed by atoms with Crippen molar-refractivity contribution in [2.75, 3.05) is 6.61 Å². The highest BCUT2D eigenvalue weighted by atomic mass is 28.3. The Bertz CT molecular complexity index is 858. The maximum Gasteiger partial charge on any atom is 0.497 e. The van der Waals surface area contributed by atoms with Gasteiger partial charge in [-0.15, -0.1) is 5.10 Å². The van der Waals surface area contributed by atoms with E-state index in [0.29, 0.717) is 6.73 Å². The van der Waals surface area contributed by atoms with E-state index in [9.17, 15) is 0 Å². The van der Waals surface area contributed by atoms with Crippen molar-refractivity contribution in [3.05, 3.63) is 17.2 Å². The van der Waals surface area contributed by atoms with Gasteiger partial charge in [-0.05, 0) is 64.8 Å². The quantitative estimate of drug-likeness (QED) is 0.544. The minimum Gasteiger partial charge on any atom is -0.399 e. The van der Waals surface area contributed by atoms with E-state index in [1.54, 1.807) is 0 Å². The minimum absolute atomic E-state index is 0.393. The highest BCUT2D eigenvalue weighted by molar-refractivity contribution is 6.76. The second-order valence-corrected chi connectivity index (χ2v) is 15.7. The van der Waals surface area contributed by atoms with Gasteiger partial charge in [0.2, 0.25) is 0 Å². The summed E-state index contributed by atoms with van der Waals surface area (Å²) in [6.45, 7) is 20.7. The van der Waals surface area contributed by atoms with Crippen LogP contribution in [0.3, 0.4) is 0 Å². The van der Waals surface area contributed by atoms with Crippen LogP contribution in [0.15, 0.2) is 6.07 Å². The zero-order valence-electron chi connectivity index (χ0n) is 18.8. The molecule has 0 saturated carbocycles.